The number of alkyl halides is 2. The number of piperidine rings is 1. The van der Waals surface area contributed by atoms with E-state index in [1.54, 1.807) is 0 Å². The van der Waals surface area contributed by atoms with Crippen LogP contribution in [0.1, 0.15) is 37.2 Å². The van der Waals surface area contributed by atoms with Crippen molar-refractivity contribution in [3.8, 4) is 5.75 Å². The molecule has 0 spiro atoms. The molecule has 2 atom stereocenters. The maximum Gasteiger partial charge on any atom is 0.320 e. The van der Waals surface area contributed by atoms with Gasteiger partial charge in [-0.25, -0.2) is 13.6 Å². The van der Waals surface area contributed by atoms with Gasteiger partial charge >= 0.3 is 6.03 Å². The zero-order valence-corrected chi connectivity index (χ0v) is 16.8. The van der Waals surface area contributed by atoms with E-state index in [4.69, 9.17) is 9.47 Å². The number of carbonyl (C=O) groups excluding carboxylic acids is 2. The Bertz CT molecular complexity index is 817. The average molecular weight is 420 g/mol. The lowest BCUT2D eigenvalue weighted by Crippen LogP contribution is -2.58. The molecule has 162 valence electrons. The third-order valence-corrected chi connectivity index (χ3v) is 6.74. The van der Waals surface area contributed by atoms with Crippen molar-refractivity contribution in [2.75, 3.05) is 32.8 Å². The van der Waals surface area contributed by atoms with E-state index >= 15 is 0 Å². The molecule has 0 radical (unpaired) electrons. The summed E-state index contributed by atoms with van der Waals surface area (Å²) in [6.45, 7) is 2.78. The van der Waals surface area contributed by atoms with Crippen molar-refractivity contribution in [1.82, 2.24) is 9.80 Å². The van der Waals surface area contributed by atoms with E-state index in [9.17, 15) is 18.4 Å². The summed E-state index contributed by atoms with van der Waals surface area (Å²) in [6, 6.07) is 7.58. The number of Topliss-reactive ketones (excluding diaryl/α,β-unsaturated/α-hetero) is 1. The Hall–Kier alpha value is -2.22. The molecule has 3 heterocycles. The third-order valence-electron chi connectivity index (χ3n) is 6.74. The van der Waals surface area contributed by atoms with Crippen molar-refractivity contribution in [2.24, 2.45) is 5.92 Å². The highest BCUT2D eigenvalue weighted by molar-refractivity contribution is 5.81. The minimum Gasteiger partial charge on any atom is -0.490 e. The van der Waals surface area contributed by atoms with Crippen LogP contribution >= 0.6 is 0 Å². The Balaban J connectivity index is 1.10. The summed E-state index contributed by atoms with van der Waals surface area (Å²) in [7, 11) is 0. The number of fused-ring (bicyclic) bond motifs is 1. The fourth-order valence-electron chi connectivity index (χ4n) is 4.90. The standard InChI is InChI=1S/C22H26F2N2O4/c23-22(24)8-19(9-22)30-18-3-1-14(2-4-18)16-11-26(12-16)21(28)25-6-5-20-15(10-25)7-17(27)13-29-20/h1-4,15-16,19-20H,5-13H2/t15-,20+/m1/s1. The summed E-state index contributed by atoms with van der Waals surface area (Å²) < 4.78 is 37.0. The number of nitrogens with zero attached hydrogens (tertiary/aromatic N) is 2. The Morgan fingerprint density at radius 2 is 1.83 bits per heavy atom. The molecular formula is C22H26F2N2O4. The summed E-state index contributed by atoms with van der Waals surface area (Å²) in [5, 5.41) is 0. The molecule has 3 aliphatic heterocycles. The third kappa shape index (κ3) is 3.89. The number of hydrogen-bond acceptors (Lipinski definition) is 4. The van der Waals surface area contributed by atoms with E-state index in [1.807, 2.05) is 34.1 Å². The number of likely N-dealkylation sites (tertiary alicyclic amines) is 2. The first-order valence-corrected chi connectivity index (χ1v) is 10.7. The number of ether oxygens (including phenoxy) is 2. The minimum absolute atomic E-state index is 0.0357. The first-order chi connectivity index (χ1) is 14.4. The monoisotopic (exact) mass is 420 g/mol. The fourth-order valence-corrected chi connectivity index (χ4v) is 4.90. The second kappa shape index (κ2) is 7.48. The van der Waals surface area contributed by atoms with Gasteiger partial charge < -0.3 is 19.3 Å². The normalized spacial score (nSPS) is 29.1. The summed E-state index contributed by atoms with van der Waals surface area (Å²) in [6.07, 6.45) is 0.554. The summed E-state index contributed by atoms with van der Waals surface area (Å²) in [5.74, 6) is -1.47. The number of carbonyl (C=O) groups is 2. The van der Waals surface area contributed by atoms with E-state index in [1.165, 1.54) is 0 Å². The Kier molecular flexibility index (Phi) is 4.92. The van der Waals surface area contributed by atoms with Crippen molar-refractivity contribution in [1.29, 1.82) is 0 Å². The molecule has 6 nitrogen and oxygen atoms in total. The van der Waals surface area contributed by atoms with Gasteiger partial charge in [-0.15, -0.1) is 0 Å². The van der Waals surface area contributed by atoms with Crippen LogP contribution in [0.4, 0.5) is 13.6 Å². The van der Waals surface area contributed by atoms with E-state index in [-0.39, 0.29) is 49.2 Å². The van der Waals surface area contributed by atoms with Crippen molar-refractivity contribution in [3.63, 3.8) is 0 Å². The molecule has 0 aromatic heterocycles. The number of halogens is 2. The average Bonchev–Trinajstić information content (AvgIpc) is 2.66. The Labute approximate surface area is 174 Å². The first-order valence-electron chi connectivity index (χ1n) is 10.7. The van der Waals surface area contributed by atoms with Crippen molar-refractivity contribution < 1.29 is 27.8 Å². The highest BCUT2D eigenvalue weighted by Gasteiger charge is 2.47. The van der Waals surface area contributed by atoms with Crippen LogP contribution in [0, 0.1) is 5.92 Å². The molecule has 1 aromatic carbocycles. The Morgan fingerprint density at radius 1 is 1.10 bits per heavy atom. The molecule has 5 rings (SSSR count). The lowest BCUT2D eigenvalue weighted by molar-refractivity contribution is -0.140. The molecule has 0 N–H and O–H groups in total. The van der Waals surface area contributed by atoms with Gasteiger partial charge in [0.25, 0.3) is 5.92 Å². The van der Waals surface area contributed by atoms with Crippen LogP contribution in [-0.4, -0.2) is 72.5 Å². The van der Waals surface area contributed by atoms with Gasteiger partial charge in [0.2, 0.25) is 0 Å². The topological polar surface area (TPSA) is 59.1 Å². The number of amides is 2. The van der Waals surface area contributed by atoms with Crippen LogP contribution in [0.2, 0.25) is 0 Å². The molecule has 1 aliphatic carbocycles. The molecule has 30 heavy (non-hydrogen) atoms. The number of benzene rings is 1. The van der Waals surface area contributed by atoms with Crippen LogP contribution in [0.3, 0.4) is 0 Å². The SMILES string of the molecule is O=C1CO[C@H]2CCN(C(=O)N3CC(c4ccc(OC5CC(F)(F)C5)cc4)C3)C[C@H]2C1. The predicted molar refractivity (Wildman–Crippen MR) is 104 cm³/mol. The van der Waals surface area contributed by atoms with Crippen LogP contribution in [-0.2, 0) is 9.53 Å². The van der Waals surface area contributed by atoms with Gasteiger partial charge in [0.1, 0.15) is 18.5 Å². The molecule has 2 amide bonds. The van der Waals surface area contributed by atoms with E-state index < -0.39 is 12.0 Å². The Morgan fingerprint density at radius 3 is 2.53 bits per heavy atom. The molecule has 1 aromatic rings. The van der Waals surface area contributed by atoms with Crippen LogP contribution in [0.15, 0.2) is 24.3 Å². The van der Waals surface area contributed by atoms with Gasteiger partial charge in [-0.05, 0) is 24.1 Å². The van der Waals surface area contributed by atoms with Gasteiger partial charge in [0.15, 0.2) is 5.78 Å². The number of rotatable bonds is 3. The zero-order chi connectivity index (χ0) is 20.9. The van der Waals surface area contributed by atoms with Crippen molar-refractivity contribution >= 4 is 11.8 Å². The fraction of sp³-hybridized carbons (Fsp3) is 0.636. The molecule has 3 saturated heterocycles. The van der Waals surface area contributed by atoms with Crippen LogP contribution in [0.25, 0.3) is 0 Å². The van der Waals surface area contributed by atoms with Crippen molar-refractivity contribution in [2.45, 2.75) is 49.7 Å². The van der Waals surface area contributed by atoms with Crippen LogP contribution < -0.4 is 4.74 Å². The maximum absolute atomic E-state index is 12.9. The molecule has 0 unspecified atom stereocenters. The summed E-state index contributed by atoms with van der Waals surface area (Å²) in [4.78, 5) is 28.2. The highest BCUT2D eigenvalue weighted by Crippen LogP contribution is 2.40. The second-order valence-corrected chi connectivity index (χ2v) is 9.04. The van der Waals surface area contributed by atoms with E-state index in [0.29, 0.717) is 38.3 Å². The smallest absolute Gasteiger partial charge is 0.320 e. The van der Waals surface area contributed by atoms with E-state index in [2.05, 4.69) is 0 Å². The van der Waals surface area contributed by atoms with E-state index in [0.717, 1.165) is 12.0 Å². The maximum atomic E-state index is 12.9. The van der Waals surface area contributed by atoms with Gasteiger partial charge in [-0.2, -0.15) is 0 Å². The molecule has 8 heteroatoms. The predicted octanol–water partition coefficient (Wildman–Crippen LogP) is 3.06. The second-order valence-electron chi connectivity index (χ2n) is 9.04. The molecular weight excluding hydrogens is 394 g/mol. The highest BCUT2D eigenvalue weighted by atomic mass is 19.3. The van der Waals surface area contributed by atoms with Crippen molar-refractivity contribution in [3.05, 3.63) is 29.8 Å². The van der Waals surface area contributed by atoms with Gasteiger partial charge in [-0.1, -0.05) is 12.1 Å². The van der Waals surface area contributed by atoms with Gasteiger partial charge in [0.05, 0.1) is 6.10 Å². The molecule has 1 saturated carbocycles. The zero-order valence-electron chi connectivity index (χ0n) is 16.8. The lowest BCUT2D eigenvalue weighted by atomic mass is 9.87. The summed E-state index contributed by atoms with van der Waals surface area (Å²) in [5.41, 5.74) is 1.12. The van der Waals surface area contributed by atoms with Gasteiger partial charge in [-0.3, -0.25) is 4.79 Å². The minimum atomic E-state index is -2.58. The molecule has 4 aliphatic rings. The molecule has 0 bridgehead atoms. The summed E-state index contributed by atoms with van der Waals surface area (Å²) >= 11 is 0. The first kappa shape index (κ1) is 19.7. The van der Waals surface area contributed by atoms with Crippen LogP contribution in [0.5, 0.6) is 5.75 Å². The largest absolute Gasteiger partial charge is 0.490 e. The van der Waals surface area contributed by atoms with Gasteiger partial charge in [0, 0.05) is 57.3 Å². The lowest BCUT2D eigenvalue weighted by Gasteiger charge is -2.46. The number of hydrogen-bond donors (Lipinski definition) is 0. The quantitative estimate of drug-likeness (QED) is 0.754. The molecule has 4 fully saturated rings. The number of ketones is 1. The number of urea groups is 1.